The maximum Gasteiger partial charge on any atom is 0.270 e. The first kappa shape index (κ1) is 16.9. The van der Waals surface area contributed by atoms with Gasteiger partial charge in [0.05, 0.1) is 16.9 Å². The van der Waals surface area contributed by atoms with Crippen LogP contribution in [0.2, 0.25) is 5.02 Å². The number of nitrogens with one attached hydrogen (secondary N) is 1. The minimum atomic E-state index is -3.67. The van der Waals surface area contributed by atoms with E-state index in [1.807, 2.05) is 4.83 Å². The van der Waals surface area contributed by atoms with E-state index < -0.39 is 14.9 Å². The van der Waals surface area contributed by atoms with Crippen molar-refractivity contribution in [3.63, 3.8) is 0 Å². The van der Waals surface area contributed by atoms with Crippen LogP contribution in [0.5, 0.6) is 0 Å². The van der Waals surface area contributed by atoms with Crippen LogP contribution >= 0.6 is 11.6 Å². The lowest BCUT2D eigenvalue weighted by Crippen LogP contribution is -2.20. The van der Waals surface area contributed by atoms with Crippen LogP contribution in [-0.4, -0.2) is 19.6 Å². The summed E-state index contributed by atoms with van der Waals surface area (Å²) < 4.78 is 23.8. The summed E-state index contributed by atoms with van der Waals surface area (Å²) >= 11 is 5.89. The molecule has 0 heterocycles. The number of hydrazone groups is 1. The number of nitro groups is 1. The number of sulfonamides is 1. The summed E-state index contributed by atoms with van der Waals surface area (Å²) in [4.78, 5) is 12.2. The third-order valence-electron chi connectivity index (χ3n) is 2.79. The molecular formula is C14H12ClN3O4S. The van der Waals surface area contributed by atoms with Crippen molar-refractivity contribution in [2.75, 3.05) is 0 Å². The highest BCUT2D eigenvalue weighted by molar-refractivity contribution is 7.88. The topological polar surface area (TPSA) is 102 Å². The predicted octanol–water partition coefficient (Wildman–Crippen LogP) is 2.70. The van der Waals surface area contributed by atoms with Crippen LogP contribution in [0.3, 0.4) is 0 Å². The molecule has 0 aliphatic rings. The van der Waals surface area contributed by atoms with Gasteiger partial charge in [0.15, 0.2) is 0 Å². The number of nitro benzene ring substituents is 1. The molecule has 23 heavy (non-hydrogen) atoms. The fraction of sp³-hybridized carbons (Fsp3) is 0.0714. The van der Waals surface area contributed by atoms with Crippen LogP contribution in [0.4, 0.5) is 5.69 Å². The molecule has 7 nitrogen and oxygen atoms in total. The zero-order chi connectivity index (χ0) is 16.9. The highest BCUT2D eigenvalue weighted by Gasteiger charge is 2.11. The SMILES string of the molecule is O=[N+]([O-])c1ccc(Cl)c(/C=N/NS(=O)(=O)Cc2ccccc2)c1. The van der Waals surface area contributed by atoms with Gasteiger partial charge in [0.2, 0.25) is 0 Å². The van der Waals surface area contributed by atoms with Gasteiger partial charge in [-0.1, -0.05) is 41.9 Å². The average molecular weight is 354 g/mol. The fourth-order valence-electron chi connectivity index (χ4n) is 1.75. The second-order valence-electron chi connectivity index (χ2n) is 4.56. The molecule has 0 aliphatic carbocycles. The van der Waals surface area contributed by atoms with Crippen molar-refractivity contribution in [2.45, 2.75) is 5.75 Å². The fourth-order valence-corrected chi connectivity index (χ4v) is 2.82. The lowest BCUT2D eigenvalue weighted by Gasteiger charge is -2.03. The van der Waals surface area contributed by atoms with E-state index in [4.69, 9.17) is 11.6 Å². The van der Waals surface area contributed by atoms with Gasteiger partial charge in [0, 0.05) is 22.7 Å². The molecule has 0 spiro atoms. The van der Waals surface area contributed by atoms with E-state index in [-0.39, 0.29) is 22.0 Å². The van der Waals surface area contributed by atoms with Gasteiger partial charge < -0.3 is 0 Å². The number of nitrogens with zero attached hydrogens (tertiary/aromatic N) is 2. The number of halogens is 1. The lowest BCUT2D eigenvalue weighted by atomic mass is 10.2. The molecule has 120 valence electrons. The number of hydrogen-bond acceptors (Lipinski definition) is 5. The standard InChI is InChI=1S/C14H12ClN3O4S/c15-14-7-6-13(18(19)20)8-12(14)9-16-17-23(21,22)10-11-4-2-1-3-5-11/h1-9,17H,10H2/b16-9+. The van der Waals surface area contributed by atoms with Gasteiger partial charge in [-0.05, 0) is 11.6 Å². The summed E-state index contributed by atoms with van der Waals surface area (Å²) in [6, 6.07) is 12.4. The van der Waals surface area contributed by atoms with Crippen molar-refractivity contribution in [3.8, 4) is 0 Å². The van der Waals surface area contributed by atoms with E-state index in [9.17, 15) is 18.5 Å². The Morgan fingerprint density at radius 1 is 1.22 bits per heavy atom. The van der Waals surface area contributed by atoms with E-state index in [2.05, 4.69) is 5.10 Å². The molecule has 0 aromatic heterocycles. The van der Waals surface area contributed by atoms with E-state index >= 15 is 0 Å². The third-order valence-corrected chi connectivity index (χ3v) is 4.23. The van der Waals surface area contributed by atoms with E-state index in [1.165, 1.54) is 18.2 Å². The minimum absolute atomic E-state index is 0.164. The Labute approximate surface area is 137 Å². The summed E-state index contributed by atoms with van der Waals surface area (Å²) in [5, 5.41) is 14.5. The Balaban J connectivity index is 2.09. The number of hydrogen-bond donors (Lipinski definition) is 1. The first-order valence-electron chi connectivity index (χ1n) is 6.38. The zero-order valence-electron chi connectivity index (χ0n) is 11.7. The van der Waals surface area contributed by atoms with E-state index in [0.717, 1.165) is 6.21 Å². The van der Waals surface area contributed by atoms with Crippen molar-refractivity contribution in [2.24, 2.45) is 5.10 Å². The Bertz CT molecular complexity index is 838. The van der Waals surface area contributed by atoms with Gasteiger partial charge in [-0.25, -0.2) is 13.2 Å². The van der Waals surface area contributed by atoms with Crippen molar-refractivity contribution in [3.05, 3.63) is 74.8 Å². The number of non-ortho nitro benzene ring substituents is 1. The van der Waals surface area contributed by atoms with Gasteiger partial charge in [0.1, 0.15) is 0 Å². The molecule has 2 aromatic carbocycles. The van der Waals surface area contributed by atoms with Crippen LogP contribution in [0.1, 0.15) is 11.1 Å². The molecule has 0 aliphatic heterocycles. The number of rotatable bonds is 6. The predicted molar refractivity (Wildman–Crippen MR) is 87.9 cm³/mol. The third kappa shape index (κ3) is 5.04. The van der Waals surface area contributed by atoms with Crippen LogP contribution in [0, 0.1) is 10.1 Å². The van der Waals surface area contributed by atoms with E-state index in [1.54, 1.807) is 30.3 Å². The molecule has 2 aromatic rings. The molecule has 0 radical (unpaired) electrons. The van der Waals surface area contributed by atoms with Gasteiger partial charge in [-0.15, -0.1) is 0 Å². The summed E-state index contributed by atoms with van der Waals surface area (Å²) in [7, 11) is -3.67. The Kier molecular flexibility index (Phi) is 5.30. The highest BCUT2D eigenvalue weighted by Crippen LogP contribution is 2.20. The van der Waals surface area contributed by atoms with Gasteiger partial charge >= 0.3 is 0 Å². The molecular weight excluding hydrogens is 342 g/mol. The molecule has 0 atom stereocenters. The Morgan fingerprint density at radius 3 is 2.57 bits per heavy atom. The second kappa shape index (κ2) is 7.21. The molecule has 0 amide bonds. The summed E-state index contributed by atoms with van der Waals surface area (Å²) in [5.41, 5.74) is 0.690. The molecule has 0 fully saturated rings. The van der Waals surface area contributed by atoms with Crippen LogP contribution in [0.25, 0.3) is 0 Å². The van der Waals surface area contributed by atoms with Crippen LogP contribution < -0.4 is 4.83 Å². The maximum atomic E-state index is 11.9. The second-order valence-corrected chi connectivity index (χ2v) is 6.67. The van der Waals surface area contributed by atoms with Gasteiger partial charge in [0.25, 0.3) is 15.7 Å². The normalized spacial score (nSPS) is 11.5. The van der Waals surface area contributed by atoms with Crippen molar-refractivity contribution < 1.29 is 13.3 Å². The van der Waals surface area contributed by atoms with Crippen molar-refractivity contribution in [1.82, 2.24) is 4.83 Å². The van der Waals surface area contributed by atoms with Gasteiger partial charge in [-0.2, -0.15) is 5.10 Å². The Morgan fingerprint density at radius 2 is 1.91 bits per heavy atom. The first-order chi connectivity index (χ1) is 10.9. The average Bonchev–Trinajstić information content (AvgIpc) is 2.49. The quantitative estimate of drug-likeness (QED) is 0.490. The molecule has 0 unspecified atom stereocenters. The summed E-state index contributed by atoms with van der Waals surface area (Å²) in [6.45, 7) is 0. The van der Waals surface area contributed by atoms with E-state index in [0.29, 0.717) is 5.56 Å². The van der Waals surface area contributed by atoms with Crippen LogP contribution in [-0.2, 0) is 15.8 Å². The maximum absolute atomic E-state index is 11.9. The highest BCUT2D eigenvalue weighted by atomic mass is 35.5. The largest absolute Gasteiger partial charge is 0.270 e. The molecule has 9 heteroatoms. The van der Waals surface area contributed by atoms with Crippen molar-refractivity contribution >= 4 is 33.5 Å². The number of benzene rings is 2. The monoisotopic (exact) mass is 353 g/mol. The lowest BCUT2D eigenvalue weighted by molar-refractivity contribution is -0.384. The van der Waals surface area contributed by atoms with Crippen molar-refractivity contribution in [1.29, 1.82) is 0 Å². The molecule has 2 rings (SSSR count). The van der Waals surface area contributed by atoms with Crippen LogP contribution in [0.15, 0.2) is 53.6 Å². The smallest absolute Gasteiger partial charge is 0.258 e. The summed E-state index contributed by atoms with van der Waals surface area (Å²) in [5.74, 6) is -0.228. The summed E-state index contributed by atoms with van der Waals surface area (Å²) in [6.07, 6.45) is 1.12. The molecule has 0 bridgehead atoms. The van der Waals surface area contributed by atoms with Gasteiger partial charge in [-0.3, -0.25) is 10.1 Å². The Hall–Kier alpha value is -2.45. The molecule has 1 N–H and O–H groups in total. The minimum Gasteiger partial charge on any atom is -0.258 e. The molecule has 0 saturated heterocycles. The first-order valence-corrected chi connectivity index (χ1v) is 8.41. The zero-order valence-corrected chi connectivity index (χ0v) is 13.3. The molecule has 0 saturated carbocycles.